The molecule has 1 aliphatic heterocycles. The van der Waals surface area contributed by atoms with Crippen molar-refractivity contribution in [2.75, 3.05) is 31.9 Å². The maximum absolute atomic E-state index is 12.5. The summed E-state index contributed by atoms with van der Waals surface area (Å²) in [5, 5.41) is 9.87. The number of nitrogens with one attached hydrogen (secondary N) is 1. The van der Waals surface area contributed by atoms with Crippen molar-refractivity contribution in [1.29, 1.82) is 0 Å². The number of piperazine rings is 1. The molecule has 140 valence electrons. The highest BCUT2D eigenvalue weighted by Crippen LogP contribution is 2.20. The van der Waals surface area contributed by atoms with E-state index in [1.54, 1.807) is 11.3 Å². The number of H-pyrrole nitrogens is 1. The summed E-state index contributed by atoms with van der Waals surface area (Å²) >= 11 is 3.17. The minimum absolute atomic E-state index is 0.154. The second kappa shape index (κ2) is 8.69. The Morgan fingerprint density at radius 1 is 1.11 bits per heavy atom. The molecule has 1 saturated heterocycles. The second-order valence-corrected chi connectivity index (χ2v) is 8.33. The number of carbonyl (C=O) groups excluding carboxylic acids is 1. The van der Waals surface area contributed by atoms with Crippen LogP contribution in [0.15, 0.2) is 53.0 Å². The van der Waals surface area contributed by atoms with Gasteiger partial charge in [-0.2, -0.15) is 0 Å². The number of hydrogen-bond acceptors (Lipinski definition) is 6. The molecule has 1 N–H and O–H groups in total. The number of nitrogens with zero attached hydrogens (tertiary/aromatic N) is 4. The van der Waals surface area contributed by atoms with Crippen molar-refractivity contribution >= 4 is 29.0 Å². The Morgan fingerprint density at radius 2 is 1.93 bits per heavy atom. The van der Waals surface area contributed by atoms with E-state index in [-0.39, 0.29) is 5.91 Å². The molecule has 3 aromatic rings. The average Bonchev–Trinajstić information content (AvgIpc) is 3.39. The zero-order chi connectivity index (χ0) is 18.5. The maximum Gasteiger partial charge on any atom is 0.233 e. The number of carbonyl (C=O) groups is 1. The number of aromatic amines is 1. The number of amides is 1. The van der Waals surface area contributed by atoms with Gasteiger partial charge in [0.15, 0.2) is 5.82 Å². The Kier molecular flexibility index (Phi) is 5.86. The fraction of sp³-hybridized carbons (Fsp3) is 0.316. The summed E-state index contributed by atoms with van der Waals surface area (Å²) in [7, 11) is 0. The highest BCUT2D eigenvalue weighted by atomic mass is 32.2. The van der Waals surface area contributed by atoms with Gasteiger partial charge in [-0.05, 0) is 11.4 Å². The third-order valence-electron chi connectivity index (χ3n) is 4.52. The van der Waals surface area contributed by atoms with Gasteiger partial charge in [0.25, 0.3) is 0 Å². The van der Waals surface area contributed by atoms with Crippen LogP contribution in [0, 0.1) is 0 Å². The van der Waals surface area contributed by atoms with Gasteiger partial charge in [-0.25, -0.2) is 4.98 Å². The van der Waals surface area contributed by atoms with Gasteiger partial charge in [-0.3, -0.25) is 14.8 Å². The SMILES string of the molecule is O=C(CSc1n[nH]c(-c2ccccc2)n1)N1CCN(Cc2cccs2)CC1. The fourth-order valence-electron chi connectivity index (χ4n) is 3.03. The molecule has 1 aliphatic rings. The van der Waals surface area contributed by atoms with Crippen LogP contribution in [-0.4, -0.2) is 62.8 Å². The Hall–Kier alpha value is -2.16. The van der Waals surface area contributed by atoms with E-state index in [2.05, 4.69) is 37.6 Å². The van der Waals surface area contributed by atoms with Crippen LogP contribution >= 0.6 is 23.1 Å². The lowest BCUT2D eigenvalue weighted by atomic mass is 10.2. The van der Waals surface area contributed by atoms with Gasteiger partial charge in [0.05, 0.1) is 5.75 Å². The van der Waals surface area contributed by atoms with E-state index in [9.17, 15) is 4.79 Å². The lowest BCUT2D eigenvalue weighted by Crippen LogP contribution is -2.48. The van der Waals surface area contributed by atoms with Crippen molar-refractivity contribution in [3.63, 3.8) is 0 Å². The van der Waals surface area contributed by atoms with E-state index in [1.807, 2.05) is 35.2 Å². The third-order valence-corrected chi connectivity index (χ3v) is 6.21. The van der Waals surface area contributed by atoms with Crippen molar-refractivity contribution in [3.8, 4) is 11.4 Å². The molecule has 4 rings (SSSR count). The number of benzene rings is 1. The summed E-state index contributed by atoms with van der Waals surface area (Å²) < 4.78 is 0. The van der Waals surface area contributed by atoms with Crippen LogP contribution in [-0.2, 0) is 11.3 Å². The number of hydrogen-bond donors (Lipinski definition) is 1. The fourth-order valence-corrected chi connectivity index (χ4v) is 4.48. The molecule has 0 radical (unpaired) electrons. The standard InChI is InChI=1S/C19H21N5OS2/c25-17(24-10-8-23(9-11-24)13-16-7-4-12-26-16)14-27-19-20-18(21-22-19)15-5-2-1-3-6-15/h1-7,12H,8-11,13-14H2,(H,20,21,22). The van der Waals surface area contributed by atoms with Crippen molar-refractivity contribution in [2.24, 2.45) is 0 Å². The van der Waals surface area contributed by atoms with Gasteiger partial charge in [0, 0.05) is 43.2 Å². The highest BCUT2D eigenvalue weighted by molar-refractivity contribution is 7.99. The molecule has 6 nitrogen and oxygen atoms in total. The van der Waals surface area contributed by atoms with Crippen LogP contribution in [0.2, 0.25) is 0 Å². The van der Waals surface area contributed by atoms with Gasteiger partial charge < -0.3 is 4.90 Å². The normalized spacial score (nSPS) is 15.2. The summed E-state index contributed by atoms with van der Waals surface area (Å²) in [5.74, 6) is 1.26. The molecule has 27 heavy (non-hydrogen) atoms. The minimum Gasteiger partial charge on any atom is -0.339 e. The molecule has 8 heteroatoms. The van der Waals surface area contributed by atoms with Crippen LogP contribution in [0.4, 0.5) is 0 Å². The zero-order valence-electron chi connectivity index (χ0n) is 14.9. The smallest absolute Gasteiger partial charge is 0.233 e. The van der Waals surface area contributed by atoms with Crippen molar-refractivity contribution in [2.45, 2.75) is 11.7 Å². The molecule has 1 fully saturated rings. The summed E-state index contributed by atoms with van der Waals surface area (Å²) in [5.41, 5.74) is 0.991. The van der Waals surface area contributed by atoms with Crippen LogP contribution < -0.4 is 0 Å². The predicted octanol–water partition coefficient (Wildman–Crippen LogP) is 2.97. The first-order valence-corrected chi connectivity index (χ1v) is 10.8. The molecule has 1 aromatic carbocycles. The van der Waals surface area contributed by atoms with E-state index in [1.165, 1.54) is 16.6 Å². The third kappa shape index (κ3) is 4.77. The highest BCUT2D eigenvalue weighted by Gasteiger charge is 2.21. The summed E-state index contributed by atoms with van der Waals surface area (Å²) in [6.07, 6.45) is 0. The molecular weight excluding hydrogens is 378 g/mol. The maximum atomic E-state index is 12.5. The Labute approximate surface area is 166 Å². The molecule has 0 bridgehead atoms. The first-order chi connectivity index (χ1) is 13.3. The number of aromatic nitrogens is 3. The van der Waals surface area contributed by atoms with Crippen LogP contribution in [0.5, 0.6) is 0 Å². The van der Waals surface area contributed by atoms with Crippen molar-refractivity contribution < 1.29 is 4.79 Å². The largest absolute Gasteiger partial charge is 0.339 e. The lowest BCUT2D eigenvalue weighted by Gasteiger charge is -2.34. The average molecular weight is 400 g/mol. The topological polar surface area (TPSA) is 65.1 Å². The monoisotopic (exact) mass is 399 g/mol. The first kappa shape index (κ1) is 18.2. The van der Waals surface area contributed by atoms with Gasteiger partial charge >= 0.3 is 0 Å². The number of thiophene rings is 1. The van der Waals surface area contributed by atoms with Crippen LogP contribution in [0.25, 0.3) is 11.4 Å². The molecule has 0 unspecified atom stereocenters. The van der Waals surface area contributed by atoms with Gasteiger partial charge in [0.2, 0.25) is 11.1 Å². The molecule has 0 spiro atoms. The molecule has 1 amide bonds. The summed E-state index contributed by atoms with van der Waals surface area (Å²) in [6.45, 7) is 4.40. The van der Waals surface area contributed by atoms with Crippen LogP contribution in [0.1, 0.15) is 4.88 Å². The van der Waals surface area contributed by atoms with Crippen LogP contribution in [0.3, 0.4) is 0 Å². The Morgan fingerprint density at radius 3 is 2.67 bits per heavy atom. The number of thioether (sulfide) groups is 1. The quantitative estimate of drug-likeness (QED) is 0.646. The predicted molar refractivity (Wildman–Crippen MR) is 109 cm³/mol. The lowest BCUT2D eigenvalue weighted by molar-refractivity contribution is -0.130. The molecule has 0 aliphatic carbocycles. The molecule has 0 atom stereocenters. The van der Waals surface area contributed by atoms with E-state index in [0.29, 0.717) is 10.9 Å². The van der Waals surface area contributed by atoms with E-state index >= 15 is 0 Å². The zero-order valence-corrected chi connectivity index (χ0v) is 16.5. The van der Waals surface area contributed by atoms with E-state index in [0.717, 1.165) is 44.1 Å². The minimum atomic E-state index is 0.154. The Balaban J connectivity index is 1.24. The van der Waals surface area contributed by atoms with Gasteiger partial charge in [-0.15, -0.1) is 16.4 Å². The van der Waals surface area contributed by atoms with Gasteiger partial charge in [0.1, 0.15) is 0 Å². The molecule has 0 saturated carbocycles. The number of rotatable bonds is 6. The van der Waals surface area contributed by atoms with E-state index in [4.69, 9.17) is 0 Å². The molecular formula is C19H21N5OS2. The van der Waals surface area contributed by atoms with Crippen molar-refractivity contribution in [3.05, 3.63) is 52.7 Å². The second-order valence-electron chi connectivity index (χ2n) is 6.36. The van der Waals surface area contributed by atoms with Gasteiger partial charge in [-0.1, -0.05) is 48.2 Å². The van der Waals surface area contributed by atoms with E-state index < -0.39 is 0 Å². The molecule has 3 heterocycles. The first-order valence-electron chi connectivity index (χ1n) is 8.91. The summed E-state index contributed by atoms with van der Waals surface area (Å²) in [4.78, 5) is 22.7. The van der Waals surface area contributed by atoms with Crippen molar-refractivity contribution in [1.82, 2.24) is 25.0 Å². The molecule has 2 aromatic heterocycles. The summed E-state index contributed by atoms with van der Waals surface area (Å²) in [6, 6.07) is 14.1. The Bertz CT molecular complexity index is 857.